The second-order valence-electron chi connectivity index (χ2n) is 7.39. The van der Waals surface area contributed by atoms with Crippen molar-refractivity contribution in [2.75, 3.05) is 19.0 Å². The van der Waals surface area contributed by atoms with Gasteiger partial charge in [0.15, 0.2) is 5.60 Å². The maximum absolute atomic E-state index is 12.8. The molecule has 0 fully saturated rings. The molecule has 0 amide bonds. The Morgan fingerprint density at radius 2 is 1.68 bits per heavy atom. The number of ether oxygens (including phenoxy) is 2. The highest BCUT2D eigenvalue weighted by atomic mass is 35.5. The van der Waals surface area contributed by atoms with Crippen LogP contribution in [0.25, 0.3) is 0 Å². The van der Waals surface area contributed by atoms with Crippen molar-refractivity contribution in [2.24, 2.45) is 0 Å². The van der Waals surface area contributed by atoms with Crippen molar-refractivity contribution in [3.8, 4) is 11.5 Å². The molecule has 3 aromatic carbocycles. The normalized spacial score (nSPS) is 18.8. The summed E-state index contributed by atoms with van der Waals surface area (Å²) in [6.07, 6.45) is 0. The number of benzene rings is 3. The van der Waals surface area contributed by atoms with Gasteiger partial charge in [0.05, 0.1) is 5.56 Å². The molecule has 0 saturated heterocycles. The largest absolute Gasteiger partial charge is 0.456 e. The van der Waals surface area contributed by atoms with Crippen LogP contribution in [0.4, 0.5) is 5.69 Å². The Kier molecular flexibility index (Phi) is 3.52. The van der Waals surface area contributed by atoms with Crippen LogP contribution in [-0.4, -0.2) is 20.1 Å². The summed E-state index contributed by atoms with van der Waals surface area (Å²) in [6, 6.07) is 17.2. The van der Waals surface area contributed by atoms with Gasteiger partial charge in [0.1, 0.15) is 11.5 Å². The molecule has 5 rings (SSSR count). The van der Waals surface area contributed by atoms with Crippen LogP contribution in [0, 0.1) is 6.92 Å². The number of esters is 1. The molecule has 3 aromatic rings. The van der Waals surface area contributed by atoms with Gasteiger partial charge in [-0.1, -0.05) is 29.8 Å². The van der Waals surface area contributed by atoms with E-state index in [4.69, 9.17) is 21.1 Å². The van der Waals surface area contributed by atoms with Gasteiger partial charge in [0.2, 0.25) is 0 Å². The molecule has 0 unspecified atom stereocenters. The fourth-order valence-electron chi connectivity index (χ4n) is 4.06. The van der Waals surface area contributed by atoms with E-state index < -0.39 is 5.60 Å². The molecule has 0 saturated carbocycles. The minimum atomic E-state index is -1.07. The Morgan fingerprint density at radius 3 is 2.46 bits per heavy atom. The molecule has 2 aliphatic heterocycles. The number of carbonyl (C=O) groups excluding carboxylic acids is 1. The van der Waals surface area contributed by atoms with E-state index in [-0.39, 0.29) is 5.97 Å². The lowest BCUT2D eigenvalue weighted by atomic mass is 9.77. The van der Waals surface area contributed by atoms with Gasteiger partial charge in [-0.25, -0.2) is 4.79 Å². The molecular formula is C23H18ClNO3. The molecule has 1 spiro atoms. The number of carbonyl (C=O) groups is 1. The standard InChI is InChI=1S/C23H18ClNO3/c1-13-10-20-18(12-19(13)24)23(16-7-5-4-6-15(16)22(26)28-23)17-9-8-14(25(2)3)11-21(17)27-20/h4-12H,1-3H3/t23-/m0/s1. The van der Waals surface area contributed by atoms with Crippen LogP contribution in [0.15, 0.2) is 54.6 Å². The number of hydrogen-bond donors (Lipinski definition) is 0. The van der Waals surface area contributed by atoms with Crippen molar-refractivity contribution in [1.29, 1.82) is 0 Å². The predicted molar refractivity (Wildman–Crippen MR) is 109 cm³/mol. The summed E-state index contributed by atoms with van der Waals surface area (Å²) in [7, 11) is 3.95. The van der Waals surface area contributed by atoms with E-state index >= 15 is 0 Å². The lowest BCUT2D eigenvalue weighted by molar-refractivity contribution is 0.0224. The lowest BCUT2D eigenvalue weighted by Crippen LogP contribution is -2.33. The lowest BCUT2D eigenvalue weighted by Gasteiger charge is -2.37. The highest BCUT2D eigenvalue weighted by Crippen LogP contribution is 2.57. The van der Waals surface area contributed by atoms with Crippen LogP contribution in [0.5, 0.6) is 11.5 Å². The molecule has 0 bridgehead atoms. The highest BCUT2D eigenvalue weighted by molar-refractivity contribution is 6.31. The molecule has 2 aliphatic rings. The summed E-state index contributed by atoms with van der Waals surface area (Å²) in [5.41, 5.74) is 3.74. The third-order valence-electron chi connectivity index (χ3n) is 5.49. The van der Waals surface area contributed by atoms with E-state index in [1.54, 1.807) is 6.07 Å². The molecule has 5 heteroatoms. The van der Waals surface area contributed by atoms with Gasteiger partial charge >= 0.3 is 5.97 Å². The van der Waals surface area contributed by atoms with Gasteiger partial charge in [-0.2, -0.15) is 0 Å². The molecule has 140 valence electrons. The van der Waals surface area contributed by atoms with Gasteiger partial charge < -0.3 is 14.4 Å². The van der Waals surface area contributed by atoms with E-state index in [1.165, 1.54) is 0 Å². The van der Waals surface area contributed by atoms with E-state index in [9.17, 15) is 4.79 Å². The first-order valence-electron chi connectivity index (χ1n) is 9.05. The summed E-state index contributed by atoms with van der Waals surface area (Å²) in [6.45, 7) is 1.93. The summed E-state index contributed by atoms with van der Waals surface area (Å²) in [4.78, 5) is 14.8. The van der Waals surface area contributed by atoms with Crippen molar-refractivity contribution in [1.82, 2.24) is 0 Å². The van der Waals surface area contributed by atoms with Crippen molar-refractivity contribution in [2.45, 2.75) is 12.5 Å². The van der Waals surface area contributed by atoms with Crippen LogP contribution in [0.2, 0.25) is 5.02 Å². The number of hydrogen-bond acceptors (Lipinski definition) is 4. The number of aryl methyl sites for hydroxylation is 1. The first-order valence-corrected chi connectivity index (χ1v) is 9.43. The molecule has 4 nitrogen and oxygen atoms in total. The van der Waals surface area contributed by atoms with Gasteiger partial charge in [-0.05, 0) is 42.8 Å². The Bertz CT molecular complexity index is 1150. The zero-order chi connectivity index (χ0) is 19.6. The molecule has 0 aliphatic carbocycles. The van der Waals surface area contributed by atoms with Crippen molar-refractivity contribution < 1.29 is 14.3 Å². The molecule has 28 heavy (non-hydrogen) atoms. The fraction of sp³-hybridized carbons (Fsp3) is 0.174. The van der Waals surface area contributed by atoms with E-state index in [0.29, 0.717) is 22.1 Å². The third-order valence-corrected chi connectivity index (χ3v) is 5.90. The number of rotatable bonds is 1. The fourth-order valence-corrected chi connectivity index (χ4v) is 4.22. The maximum atomic E-state index is 12.8. The monoisotopic (exact) mass is 391 g/mol. The average molecular weight is 392 g/mol. The van der Waals surface area contributed by atoms with Crippen LogP contribution in [0.3, 0.4) is 0 Å². The average Bonchev–Trinajstić information content (AvgIpc) is 2.97. The zero-order valence-corrected chi connectivity index (χ0v) is 16.5. The van der Waals surface area contributed by atoms with Crippen LogP contribution >= 0.6 is 11.6 Å². The highest BCUT2D eigenvalue weighted by Gasteiger charge is 2.53. The van der Waals surface area contributed by atoms with Crippen molar-refractivity contribution in [3.05, 3.63) is 87.4 Å². The van der Waals surface area contributed by atoms with Crippen molar-refractivity contribution in [3.63, 3.8) is 0 Å². The SMILES string of the molecule is Cc1cc2c(cc1Cl)[C@@]1(OC(=O)c3ccccc31)c1ccc(N(C)C)cc1O2. The van der Waals surface area contributed by atoms with Gasteiger partial charge in [-0.15, -0.1) is 0 Å². The summed E-state index contributed by atoms with van der Waals surface area (Å²) < 4.78 is 12.4. The molecule has 2 heterocycles. The molecule has 0 N–H and O–H groups in total. The summed E-state index contributed by atoms with van der Waals surface area (Å²) in [5.74, 6) is 0.975. The summed E-state index contributed by atoms with van der Waals surface area (Å²) >= 11 is 6.46. The molecule has 0 aromatic heterocycles. The zero-order valence-electron chi connectivity index (χ0n) is 15.7. The Morgan fingerprint density at radius 1 is 0.929 bits per heavy atom. The second-order valence-corrected chi connectivity index (χ2v) is 7.80. The third kappa shape index (κ3) is 2.15. The Hall–Kier alpha value is -2.98. The maximum Gasteiger partial charge on any atom is 0.340 e. The number of anilines is 1. The quantitative estimate of drug-likeness (QED) is 0.529. The second kappa shape index (κ2) is 5.76. The Balaban J connectivity index is 1.88. The van der Waals surface area contributed by atoms with Crippen LogP contribution in [-0.2, 0) is 10.3 Å². The smallest absolute Gasteiger partial charge is 0.340 e. The van der Waals surface area contributed by atoms with Gasteiger partial charge in [-0.3, -0.25) is 0 Å². The van der Waals surface area contributed by atoms with Crippen LogP contribution < -0.4 is 9.64 Å². The number of halogens is 1. The first-order chi connectivity index (χ1) is 13.4. The van der Waals surface area contributed by atoms with E-state index in [2.05, 4.69) is 0 Å². The molecular weight excluding hydrogens is 374 g/mol. The number of nitrogens with zero attached hydrogens (tertiary/aromatic N) is 1. The molecule has 1 atom stereocenters. The predicted octanol–water partition coefficient (Wildman–Crippen LogP) is 5.28. The van der Waals surface area contributed by atoms with Crippen molar-refractivity contribution >= 4 is 23.3 Å². The van der Waals surface area contributed by atoms with Gasteiger partial charge in [0, 0.05) is 47.6 Å². The number of fused-ring (bicyclic) bond motifs is 6. The minimum Gasteiger partial charge on any atom is -0.456 e. The summed E-state index contributed by atoms with van der Waals surface area (Å²) in [5, 5.41) is 0.607. The van der Waals surface area contributed by atoms with E-state index in [1.807, 2.05) is 74.4 Å². The van der Waals surface area contributed by atoms with E-state index in [0.717, 1.165) is 27.9 Å². The first kappa shape index (κ1) is 17.1. The van der Waals surface area contributed by atoms with Crippen LogP contribution in [0.1, 0.15) is 32.6 Å². The minimum absolute atomic E-state index is 0.345. The topological polar surface area (TPSA) is 38.8 Å². The van der Waals surface area contributed by atoms with Gasteiger partial charge in [0.25, 0.3) is 0 Å². The Labute approximate surface area is 168 Å². The molecule has 0 radical (unpaired) electrons.